The van der Waals surface area contributed by atoms with Gasteiger partial charge in [-0.15, -0.1) is 24.0 Å². The van der Waals surface area contributed by atoms with Crippen molar-refractivity contribution >= 4 is 29.9 Å². The molecule has 1 unspecified atom stereocenters. The zero-order chi connectivity index (χ0) is 16.9. The zero-order valence-electron chi connectivity index (χ0n) is 15.7. The van der Waals surface area contributed by atoms with Crippen LogP contribution in [0.2, 0.25) is 0 Å². The van der Waals surface area contributed by atoms with Gasteiger partial charge in [0, 0.05) is 45.8 Å². The summed E-state index contributed by atoms with van der Waals surface area (Å²) < 4.78 is 0. The van der Waals surface area contributed by atoms with E-state index in [4.69, 9.17) is 0 Å². The van der Waals surface area contributed by atoms with Crippen molar-refractivity contribution in [1.82, 2.24) is 15.1 Å². The van der Waals surface area contributed by atoms with Crippen molar-refractivity contribution in [3.8, 4) is 0 Å². The van der Waals surface area contributed by atoms with Crippen molar-refractivity contribution < 1.29 is 0 Å². The summed E-state index contributed by atoms with van der Waals surface area (Å²) in [5.74, 6) is 1.05. The van der Waals surface area contributed by atoms with Crippen LogP contribution in [0, 0.1) is 13.8 Å². The Morgan fingerprint density at radius 1 is 1.16 bits per heavy atom. The van der Waals surface area contributed by atoms with Gasteiger partial charge in [0.05, 0.1) is 0 Å². The number of hydrogen-bond donors (Lipinski definition) is 1. The van der Waals surface area contributed by atoms with Gasteiger partial charge in [-0.2, -0.15) is 0 Å². The van der Waals surface area contributed by atoms with E-state index >= 15 is 0 Å². The van der Waals surface area contributed by atoms with Crippen molar-refractivity contribution in [2.45, 2.75) is 32.7 Å². The quantitative estimate of drug-likeness (QED) is 0.329. The van der Waals surface area contributed by atoms with Gasteiger partial charge in [0.15, 0.2) is 5.96 Å². The van der Waals surface area contributed by atoms with E-state index in [9.17, 15) is 0 Å². The zero-order valence-corrected chi connectivity index (χ0v) is 18.0. The summed E-state index contributed by atoms with van der Waals surface area (Å²) in [6.45, 7) is 9.67. The largest absolute Gasteiger partial charge is 0.356 e. The minimum atomic E-state index is 0. The lowest BCUT2D eigenvalue weighted by molar-refractivity contribution is 0.259. The number of aliphatic imine (C=N–C) groups is 1. The van der Waals surface area contributed by atoms with Crippen LogP contribution in [0.3, 0.4) is 0 Å². The Kier molecular flexibility index (Phi) is 7.75. The van der Waals surface area contributed by atoms with Crippen molar-refractivity contribution in [2.75, 3.05) is 39.8 Å². The molecule has 3 rings (SSSR count). The van der Waals surface area contributed by atoms with Crippen molar-refractivity contribution in [3.63, 3.8) is 0 Å². The molecule has 1 atom stereocenters. The van der Waals surface area contributed by atoms with Gasteiger partial charge in [-0.05, 0) is 32.3 Å². The summed E-state index contributed by atoms with van der Waals surface area (Å²) in [5.41, 5.74) is 4.09. The summed E-state index contributed by atoms with van der Waals surface area (Å²) in [6, 6.07) is 7.46. The second-order valence-corrected chi connectivity index (χ2v) is 7.03. The molecule has 0 bridgehead atoms. The molecule has 2 aliphatic heterocycles. The fraction of sp³-hybridized carbons (Fsp3) is 0.550. The van der Waals surface area contributed by atoms with Gasteiger partial charge in [0.2, 0.25) is 0 Å². The van der Waals surface area contributed by atoms with Crippen molar-refractivity contribution in [1.29, 1.82) is 0 Å². The van der Waals surface area contributed by atoms with E-state index in [1.54, 1.807) is 0 Å². The summed E-state index contributed by atoms with van der Waals surface area (Å²) in [7, 11) is 1.89. The van der Waals surface area contributed by atoms with Crippen LogP contribution in [0.1, 0.15) is 23.1 Å². The molecule has 2 aliphatic rings. The van der Waals surface area contributed by atoms with Crippen LogP contribution in [0.5, 0.6) is 0 Å². The molecule has 0 spiro atoms. The standard InChI is InChI=1S/C20H30N4.HI/c1-16-12-17(2)14-18(13-16)6-8-22-20(21-3)24-11-7-19(15-24)23-9-4-5-10-23;/h4-5,12-14,19H,6-11,15H2,1-3H3,(H,21,22);1H. The predicted molar refractivity (Wildman–Crippen MR) is 117 cm³/mol. The van der Waals surface area contributed by atoms with Gasteiger partial charge < -0.3 is 10.2 Å². The van der Waals surface area contributed by atoms with Crippen LogP contribution >= 0.6 is 24.0 Å². The van der Waals surface area contributed by atoms with Crippen molar-refractivity contribution in [2.24, 2.45) is 4.99 Å². The molecule has 1 fully saturated rings. The molecule has 1 aromatic carbocycles. The Morgan fingerprint density at radius 3 is 2.48 bits per heavy atom. The Balaban J connectivity index is 0.00000225. The molecular formula is C20H31IN4. The van der Waals surface area contributed by atoms with E-state index in [-0.39, 0.29) is 24.0 Å². The molecule has 25 heavy (non-hydrogen) atoms. The first-order chi connectivity index (χ1) is 11.7. The Hall–Kier alpha value is -1.08. The van der Waals surface area contributed by atoms with E-state index in [0.29, 0.717) is 6.04 Å². The molecule has 0 saturated carbocycles. The number of nitrogens with one attached hydrogen (secondary N) is 1. The SMILES string of the molecule is CN=C(NCCc1cc(C)cc(C)c1)N1CCC(N2CC=CC2)C1.I. The van der Waals surface area contributed by atoms with Crippen molar-refractivity contribution in [3.05, 3.63) is 47.0 Å². The van der Waals surface area contributed by atoms with E-state index in [2.05, 4.69) is 64.3 Å². The molecule has 2 heterocycles. The van der Waals surface area contributed by atoms with E-state index in [0.717, 1.165) is 45.1 Å². The van der Waals surface area contributed by atoms with Crippen LogP contribution in [-0.2, 0) is 6.42 Å². The fourth-order valence-electron chi connectivity index (χ4n) is 3.89. The van der Waals surface area contributed by atoms with E-state index < -0.39 is 0 Å². The van der Waals surface area contributed by atoms with Gasteiger partial charge >= 0.3 is 0 Å². The van der Waals surface area contributed by atoms with Gasteiger partial charge in [0.25, 0.3) is 0 Å². The molecule has 4 nitrogen and oxygen atoms in total. The van der Waals surface area contributed by atoms with Crippen LogP contribution in [0.4, 0.5) is 0 Å². The molecule has 0 radical (unpaired) electrons. The Morgan fingerprint density at radius 2 is 1.84 bits per heavy atom. The number of likely N-dealkylation sites (tertiary alicyclic amines) is 1. The maximum Gasteiger partial charge on any atom is 0.193 e. The highest BCUT2D eigenvalue weighted by atomic mass is 127. The number of guanidine groups is 1. The summed E-state index contributed by atoms with van der Waals surface area (Å²) in [5, 5.41) is 3.55. The minimum absolute atomic E-state index is 0. The lowest BCUT2D eigenvalue weighted by Gasteiger charge is -2.25. The maximum absolute atomic E-state index is 4.49. The monoisotopic (exact) mass is 454 g/mol. The molecule has 0 amide bonds. The summed E-state index contributed by atoms with van der Waals surface area (Å²) in [6.07, 6.45) is 6.83. The van der Waals surface area contributed by atoms with E-state index in [1.165, 1.54) is 23.1 Å². The number of halogens is 1. The van der Waals surface area contributed by atoms with Crippen LogP contribution in [0.15, 0.2) is 35.3 Å². The second kappa shape index (κ2) is 9.57. The topological polar surface area (TPSA) is 30.9 Å². The average Bonchev–Trinajstić information content (AvgIpc) is 3.21. The van der Waals surface area contributed by atoms with Crippen LogP contribution < -0.4 is 5.32 Å². The highest BCUT2D eigenvalue weighted by molar-refractivity contribution is 14.0. The third kappa shape index (κ3) is 5.45. The summed E-state index contributed by atoms with van der Waals surface area (Å²) in [4.78, 5) is 9.46. The third-order valence-corrected chi connectivity index (χ3v) is 5.02. The number of hydrogen-bond acceptors (Lipinski definition) is 2. The molecule has 0 aromatic heterocycles. The number of rotatable bonds is 4. The molecule has 0 aliphatic carbocycles. The molecule has 1 N–H and O–H groups in total. The highest BCUT2D eigenvalue weighted by Gasteiger charge is 2.29. The first kappa shape index (κ1) is 20.2. The minimum Gasteiger partial charge on any atom is -0.356 e. The normalized spacial score (nSPS) is 20.8. The first-order valence-electron chi connectivity index (χ1n) is 9.07. The van der Waals surface area contributed by atoms with Gasteiger partial charge in [-0.1, -0.05) is 41.5 Å². The predicted octanol–water partition coefficient (Wildman–Crippen LogP) is 2.99. The molecular weight excluding hydrogens is 423 g/mol. The molecule has 138 valence electrons. The van der Waals surface area contributed by atoms with Gasteiger partial charge in [-0.3, -0.25) is 9.89 Å². The van der Waals surface area contributed by atoms with E-state index in [1.807, 2.05) is 7.05 Å². The third-order valence-electron chi connectivity index (χ3n) is 5.02. The number of aryl methyl sites for hydroxylation is 2. The molecule has 1 saturated heterocycles. The molecule has 5 heteroatoms. The second-order valence-electron chi connectivity index (χ2n) is 7.03. The first-order valence-corrected chi connectivity index (χ1v) is 9.07. The van der Waals surface area contributed by atoms with Crippen LogP contribution in [0.25, 0.3) is 0 Å². The Bertz CT molecular complexity index is 598. The molecule has 1 aromatic rings. The highest BCUT2D eigenvalue weighted by Crippen LogP contribution is 2.18. The van der Waals surface area contributed by atoms with Crippen LogP contribution in [-0.4, -0.2) is 61.6 Å². The number of nitrogens with zero attached hydrogens (tertiary/aromatic N) is 3. The number of benzene rings is 1. The maximum atomic E-state index is 4.49. The smallest absolute Gasteiger partial charge is 0.193 e. The average molecular weight is 454 g/mol. The lowest BCUT2D eigenvalue weighted by Crippen LogP contribution is -2.43. The fourth-order valence-corrected chi connectivity index (χ4v) is 3.89. The summed E-state index contributed by atoms with van der Waals surface area (Å²) >= 11 is 0. The Labute approximate surface area is 169 Å². The lowest BCUT2D eigenvalue weighted by atomic mass is 10.1. The van der Waals surface area contributed by atoms with Gasteiger partial charge in [-0.25, -0.2) is 0 Å². The van der Waals surface area contributed by atoms with Gasteiger partial charge in [0.1, 0.15) is 0 Å².